The molecule has 1 rings (SSSR count). The minimum absolute atomic E-state index is 0.258. The number of hydrogen-bond donors (Lipinski definition) is 1. The van der Waals surface area contributed by atoms with Gasteiger partial charge in [-0.05, 0) is 13.0 Å². The molecule has 0 aliphatic heterocycles. The minimum Gasteiger partial charge on any atom is -0.477 e. The summed E-state index contributed by atoms with van der Waals surface area (Å²) in [5.74, 6) is -1.24. The predicted molar refractivity (Wildman–Crippen MR) is 51.9 cm³/mol. The summed E-state index contributed by atoms with van der Waals surface area (Å²) in [5, 5.41) is 12.4. The molecule has 0 amide bonds. The molecule has 1 aromatic rings. The summed E-state index contributed by atoms with van der Waals surface area (Å²) in [6, 6.07) is 1.18. The van der Waals surface area contributed by atoms with E-state index in [0.717, 1.165) is 4.68 Å². The van der Waals surface area contributed by atoms with Gasteiger partial charge in [0, 0.05) is 12.8 Å². The fourth-order valence-corrected chi connectivity index (χ4v) is 1.07. The van der Waals surface area contributed by atoms with Crippen molar-refractivity contribution in [3.8, 4) is 0 Å². The van der Waals surface area contributed by atoms with Crippen LogP contribution in [-0.4, -0.2) is 34.1 Å². The average Bonchev–Trinajstić information content (AvgIpc) is 2.20. The van der Waals surface area contributed by atoms with Gasteiger partial charge in [0.05, 0.1) is 13.2 Å². The molecule has 0 bridgehead atoms. The van der Waals surface area contributed by atoms with Gasteiger partial charge in [0.1, 0.15) is 5.56 Å². The molecule has 0 atom stereocenters. The van der Waals surface area contributed by atoms with Gasteiger partial charge in [-0.1, -0.05) is 0 Å². The molecule has 1 heterocycles. The molecular weight excluding hydrogens is 200 g/mol. The fraction of sp³-hybridized carbons (Fsp3) is 0.444. The van der Waals surface area contributed by atoms with E-state index in [2.05, 4.69) is 5.10 Å². The lowest BCUT2D eigenvalue weighted by atomic mass is 10.3. The topological polar surface area (TPSA) is 81.4 Å². The van der Waals surface area contributed by atoms with Gasteiger partial charge in [0.2, 0.25) is 0 Å². The molecule has 6 nitrogen and oxygen atoms in total. The first-order chi connectivity index (χ1) is 7.16. The molecule has 6 heteroatoms. The zero-order chi connectivity index (χ0) is 11.3. The number of nitrogens with zero attached hydrogens (tertiary/aromatic N) is 2. The van der Waals surface area contributed by atoms with Crippen molar-refractivity contribution in [2.45, 2.75) is 13.5 Å². The van der Waals surface area contributed by atoms with Gasteiger partial charge in [-0.3, -0.25) is 4.79 Å². The van der Waals surface area contributed by atoms with Gasteiger partial charge < -0.3 is 9.84 Å². The van der Waals surface area contributed by atoms with Crippen LogP contribution in [0.4, 0.5) is 0 Å². The second-order valence-electron chi connectivity index (χ2n) is 2.78. The van der Waals surface area contributed by atoms with Crippen LogP contribution in [-0.2, 0) is 11.3 Å². The van der Waals surface area contributed by atoms with E-state index in [1.807, 2.05) is 6.92 Å². The number of carbonyl (C=O) groups is 1. The lowest BCUT2D eigenvalue weighted by molar-refractivity contribution is 0.0692. The molecule has 1 aromatic heterocycles. The Bertz CT molecular complexity index is 399. The smallest absolute Gasteiger partial charge is 0.341 e. The third-order valence-electron chi connectivity index (χ3n) is 1.79. The number of hydrogen-bond acceptors (Lipinski definition) is 4. The van der Waals surface area contributed by atoms with Crippen molar-refractivity contribution in [2.75, 3.05) is 13.2 Å². The van der Waals surface area contributed by atoms with E-state index in [9.17, 15) is 9.59 Å². The monoisotopic (exact) mass is 212 g/mol. The number of ether oxygens (including phenoxy) is 1. The second kappa shape index (κ2) is 5.26. The average molecular weight is 212 g/mol. The first-order valence-electron chi connectivity index (χ1n) is 4.54. The second-order valence-corrected chi connectivity index (χ2v) is 2.78. The van der Waals surface area contributed by atoms with Crippen LogP contribution >= 0.6 is 0 Å². The molecule has 0 saturated carbocycles. The molecular formula is C9H12N2O4. The van der Waals surface area contributed by atoms with Gasteiger partial charge in [0.15, 0.2) is 0 Å². The van der Waals surface area contributed by atoms with Crippen LogP contribution < -0.4 is 5.56 Å². The first-order valence-corrected chi connectivity index (χ1v) is 4.54. The Labute approximate surface area is 86.1 Å². The van der Waals surface area contributed by atoms with Crippen molar-refractivity contribution in [2.24, 2.45) is 0 Å². The summed E-state index contributed by atoms with van der Waals surface area (Å²) in [7, 11) is 0. The van der Waals surface area contributed by atoms with Crippen molar-refractivity contribution >= 4 is 5.97 Å². The SMILES string of the molecule is CCOCCn1nccc(C(=O)O)c1=O. The number of carboxylic acids is 1. The van der Waals surface area contributed by atoms with Gasteiger partial charge in [-0.25, -0.2) is 9.48 Å². The number of aromatic carboxylic acids is 1. The largest absolute Gasteiger partial charge is 0.477 e. The molecule has 0 spiro atoms. The predicted octanol–water partition coefficient (Wildman–Crippen LogP) is -0.0220. The van der Waals surface area contributed by atoms with Crippen molar-refractivity contribution in [1.29, 1.82) is 0 Å². The summed E-state index contributed by atoms with van der Waals surface area (Å²) in [4.78, 5) is 22.1. The Morgan fingerprint density at radius 2 is 2.40 bits per heavy atom. The molecule has 0 aromatic carbocycles. The fourth-order valence-electron chi connectivity index (χ4n) is 1.07. The van der Waals surface area contributed by atoms with Crippen LogP contribution in [0.1, 0.15) is 17.3 Å². The van der Waals surface area contributed by atoms with Crippen molar-refractivity contribution in [1.82, 2.24) is 9.78 Å². The van der Waals surface area contributed by atoms with Crippen LogP contribution in [0, 0.1) is 0 Å². The molecule has 0 saturated heterocycles. The van der Waals surface area contributed by atoms with Crippen LogP contribution in [0.2, 0.25) is 0 Å². The van der Waals surface area contributed by atoms with Crippen molar-refractivity contribution in [3.63, 3.8) is 0 Å². The number of carboxylic acid groups (broad SMARTS) is 1. The molecule has 82 valence electrons. The Hall–Kier alpha value is -1.69. The lowest BCUT2D eigenvalue weighted by Crippen LogP contribution is -2.29. The van der Waals surface area contributed by atoms with Gasteiger partial charge in [0.25, 0.3) is 5.56 Å². The molecule has 0 aliphatic rings. The molecule has 0 radical (unpaired) electrons. The van der Waals surface area contributed by atoms with E-state index in [0.29, 0.717) is 13.2 Å². The maximum atomic E-state index is 11.5. The zero-order valence-electron chi connectivity index (χ0n) is 8.34. The van der Waals surface area contributed by atoms with E-state index in [1.165, 1.54) is 12.3 Å². The Kier molecular flexibility index (Phi) is 3.99. The molecule has 0 unspecified atom stereocenters. The highest BCUT2D eigenvalue weighted by atomic mass is 16.5. The third kappa shape index (κ3) is 2.88. The van der Waals surface area contributed by atoms with Gasteiger partial charge >= 0.3 is 5.97 Å². The number of aromatic nitrogens is 2. The Morgan fingerprint density at radius 1 is 1.67 bits per heavy atom. The first kappa shape index (κ1) is 11.4. The summed E-state index contributed by atoms with van der Waals surface area (Å²) in [5.41, 5.74) is -0.883. The summed E-state index contributed by atoms with van der Waals surface area (Å²) < 4.78 is 6.13. The minimum atomic E-state index is -1.24. The van der Waals surface area contributed by atoms with Crippen LogP contribution in [0.15, 0.2) is 17.1 Å². The standard InChI is InChI=1S/C9H12N2O4/c1-2-15-6-5-11-8(12)7(9(13)14)3-4-10-11/h3-4H,2,5-6H2,1H3,(H,13,14). The van der Waals surface area contributed by atoms with Crippen molar-refractivity contribution in [3.05, 3.63) is 28.2 Å². The molecule has 0 aliphatic carbocycles. The quantitative estimate of drug-likeness (QED) is 0.693. The number of rotatable bonds is 5. The molecule has 0 fully saturated rings. The highest BCUT2D eigenvalue weighted by Crippen LogP contribution is 1.89. The van der Waals surface area contributed by atoms with Gasteiger partial charge in [-0.2, -0.15) is 5.10 Å². The third-order valence-corrected chi connectivity index (χ3v) is 1.79. The van der Waals surface area contributed by atoms with E-state index in [4.69, 9.17) is 9.84 Å². The van der Waals surface area contributed by atoms with Crippen LogP contribution in [0.25, 0.3) is 0 Å². The normalized spacial score (nSPS) is 10.2. The van der Waals surface area contributed by atoms with Gasteiger partial charge in [-0.15, -0.1) is 0 Å². The lowest BCUT2D eigenvalue weighted by Gasteiger charge is -2.04. The van der Waals surface area contributed by atoms with E-state index in [1.54, 1.807) is 0 Å². The Morgan fingerprint density at radius 3 is 3.00 bits per heavy atom. The molecule has 1 N–H and O–H groups in total. The maximum absolute atomic E-state index is 11.5. The van der Waals surface area contributed by atoms with E-state index in [-0.39, 0.29) is 12.1 Å². The van der Waals surface area contributed by atoms with Crippen LogP contribution in [0.3, 0.4) is 0 Å². The Balaban J connectivity index is 2.85. The molecule has 15 heavy (non-hydrogen) atoms. The summed E-state index contributed by atoms with van der Waals surface area (Å²) >= 11 is 0. The summed E-state index contributed by atoms with van der Waals surface area (Å²) in [6.07, 6.45) is 1.29. The van der Waals surface area contributed by atoms with E-state index >= 15 is 0 Å². The highest BCUT2D eigenvalue weighted by molar-refractivity contribution is 5.86. The van der Waals surface area contributed by atoms with Crippen molar-refractivity contribution < 1.29 is 14.6 Å². The zero-order valence-corrected chi connectivity index (χ0v) is 8.34. The maximum Gasteiger partial charge on any atom is 0.341 e. The van der Waals surface area contributed by atoms with E-state index < -0.39 is 11.5 Å². The highest BCUT2D eigenvalue weighted by Gasteiger charge is 2.10. The summed E-state index contributed by atoms with van der Waals surface area (Å²) in [6.45, 7) is 2.98. The van der Waals surface area contributed by atoms with Crippen LogP contribution in [0.5, 0.6) is 0 Å².